The first-order valence-electron chi connectivity index (χ1n) is 7.38. The maximum absolute atomic E-state index is 12.3. The molecule has 1 aromatic carbocycles. The van der Waals surface area contributed by atoms with Crippen LogP contribution in [0.5, 0.6) is 0 Å². The summed E-state index contributed by atoms with van der Waals surface area (Å²) in [5, 5.41) is 0. The predicted molar refractivity (Wildman–Crippen MR) is 93.2 cm³/mol. The van der Waals surface area contributed by atoms with Crippen molar-refractivity contribution in [3.8, 4) is 0 Å². The summed E-state index contributed by atoms with van der Waals surface area (Å²) in [7, 11) is 1.28. The van der Waals surface area contributed by atoms with Gasteiger partial charge in [0.2, 0.25) is 0 Å². The zero-order valence-electron chi connectivity index (χ0n) is 13.4. The lowest BCUT2D eigenvalue weighted by molar-refractivity contribution is 0.0322. The van der Waals surface area contributed by atoms with E-state index in [4.69, 9.17) is 4.74 Å². The van der Waals surface area contributed by atoms with Gasteiger partial charge in [-0.2, -0.15) is 0 Å². The predicted octanol–water partition coefficient (Wildman–Crippen LogP) is 3.43. The smallest absolute Gasteiger partial charge is 0.338 e. The molecular weight excluding hydrogens is 390 g/mol. The van der Waals surface area contributed by atoms with Gasteiger partial charge in [0.1, 0.15) is 5.82 Å². The lowest BCUT2D eigenvalue weighted by atomic mass is 10.1. The summed E-state index contributed by atoms with van der Waals surface area (Å²) in [6.45, 7) is 1.70. The zero-order valence-corrected chi connectivity index (χ0v) is 15.0. The molecule has 1 unspecified atom stereocenters. The highest BCUT2D eigenvalue weighted by Crippen LogP contribution is 2.21. The average Bonchev–Trinajstić information content (AvgIpc) is 3.04. The first kappa shape index (κ1) is 17.1. The molecule has 0 bridgehead atoms. The fraction of sp³-hybridized carbons (Fsp3) is 0.176. The Morgan fingerprint density at radius 2 is 1.92 bits per heavy atom. The molecule has 3 rings (SSSR count). The van der Waals surface area contributed by atoms with E-state index in [9.17, 15) is 9.59 Å². The molecule has 0 amide bonds. The van der Waals surface area contributed by atoms with Crippen LogP contribution in [0, 0.1) is 0 Å². The number of carbonyl (C=O) groups excluding carboxylic acids is 2. The van der Waals surface area contributed by atoms with E-state index in [2.05, 4.69) is 35.6 Å². The summed E-state index contributed by atoms with van der Waals surface area (Å²) in [4.78, 5) is 35.5. The third kappa shape index (κ3) is 3.69. The molecule has 0 fully saturated rings. The number of aromatic amines is 1. The fourth-order valence-electron chi connectivity index (χ4n) is 2.26. The van der Waals surface area contributed by atoms with Crippen LogP contribution in [0.4, 0.5) is 0 Å². The topological polar surface area (TPSA) is 94.2 Å². The number of nitrogens with zero attached hydrogens (tertiary/aromatic N) is 2. The van der Waals surface area contributed by atoms with Gasteiger partial charge in [0.25, 0.3) is 0 Å². The Balaban J connectivity index is 1.78. The number of methoxy groups -OCH3 is 1. The van der Waals surface area contributed by atoms with Crippen LogP contribution in [0.2, 0.25) is 0 Å². The first-order chi connectivity index (χ1) is 12.0. The molecule has 128 valence electrons. The molecule has 2 aromatic heterocycles. The Hall–Kier alpha value is -2.74. The molecule has 0 spiro atoms. The number of hydrogen-bond donors (Lipinski definition) is 1. The average molecular weight is 404 g/mol. The molecule has 7 nitrogen and oxygen atoms in total. The van der Waals surface area contributed by atoms with Crippen LogP contribution in [0.1, 0.15) is 39.6 Å². The van der Waals surface area contributed by atoms with Crippen molar-refractivity contribution in [1.82, 2.24) is 15.0 Å². The first-order valence-corrected chi connectivity index (χ1v) is 8.17. The van der Waals surface area contributed by atoms with E-state index in [-0.39, 0.29) is 11.1 Å². The standard InChI is InChI=1S/C17H14BrN3O4/c1-9(14-20-13-7-12(18)8-19-15(13)21-14)25-17(23)11-5-3-4-10(6-11)16(22)24-2/h3-9H,1-2H3,(H,19,20,21). The van der Waals surface area contributed by atoms with Crippen LogP contribution in [0.3, 0.4) is 0 Å². The summed E-state index contributed by atoms with van der Waals surface area (Å²) in [6.07, 6.45) is 1.03. The molecule has 0 saturated carbocycles. The molecule has 0 radical (unpaired) electrons. The van der Waals surface area contributed by atoms with Crippen molar-refractivity contribution in [1.29, 1.82) is 0 Å². The van der Waals surface area contributed by atoms with Crippen molar-refractivity contribution in [2.75, 3.05) is 7.11 Å². The quantitative estimate of drug-likeness (QED) is 0.670. The number of esters is 2. The van der Waals surface area contributed by atoms with Gasteiger partial charge in [-0.15, -0.1) is 0 Å². The van der Waals surface area contributed by atoms with Crippen LogP contribution in [0.15, 0.2) is 41.0 Å². The summed E-state index contributed by atoms with van der Waals surface area (Å²) in [5.41, 5.74) is 1.81. The highest BCUT2D eigenvalue weighted by molar-refractivity contribution is 9.10. The van der Waals surface area contributed by atoms with Crippen LogP contribution < -0.4 is 0 Å². The number of pyridine rings is 1. The molecule has 2 heterocycles. The Morgan fingerprint density at radius 1 is 1.20 bits per heavy atom. The molecule has 0 aliphatic rings. The largest absolute Gasteiger partial charge is 0.465 e. The molecule has 3 aromatic rings. The molecule has 0 saturated heterocycles. The number of aromatic nitrogens is 3. The van der Waals surface area contributed by atoms with Gasteiger partial charge >= 0.3 is 11.9 Å². The maximum Gasteiger partial charge on any atom is 0.338 e. The van der Waals surface area contributed by atoms with E-state index in [1.165, 1.54) is 13.2 Å². The molecule has 0 aliphatic heterocycles. The number of benzene rings is 1. The highest BCUT2D eigenvalue weighted by Gasteiger charge is 2.18. The Morgan fingerprint density at radius 3 is 2.64 bits per heavy atom. The number of hydrogen-bond acceptors (Lipinski definition) is 6. The third-order valence-corrected chi connectivity index (χ3v) is 3.94. The lowest BCUT2D eigenvalue weighted by Crippen LogP contribution is -2.11. The van der Waals surface area contributed by atoms with Gasteiger partial charge in [-0.1, -0.05) is 6.07 Å². The van der Waals surface area contributed by atoms with Gasteiger partial charge < -0.3 is 14.5 Å². The van der Waals surface area contributed by atoms with E-state index in [1.807, 2.05) is 6.07 Å². The van der Waals surface area contributed by atoms with Crippen molar-refractivity contribution < 1.29 is 19.1 Å². The van der Waals surface area contributed by atoms with Gasteiger partial charge in [0.05, 0.1) is 23.8 Å². The number of imidazole rings is 1. The van der Waals surface area contributed by atoms with Gasteiger partial charge in [-0.25, -0.2) is 19.6 Å². The van der Waals surface area contributed by atoms with Crippen molar-refractivity contribution in [3.05, 3.63) is 58.0 Å². The van der Waals surface area contributed by atoms with Gasteiger partial charge in [-0.05, 0) is 47.1 Å². The molecule has 0 aliphatic carbocycles. The molecule has 1 atom stereocenters. The second-order valence-electron chi connectivity index (χ2n) is 5.27. The summed E-state index contributed by atoms with van der Waals surface area (Å²) >= 11 is 3.34. The lowest BCUT2D eigenvalue weighted by Gasteiger charge is -2.11. The van der Waals surface area contributed by atoms with Crippen LogP contribution in [-0.2, 0) is 9.47 Å². The highest BCUT2D eigenvalue weighted by atomic mass is 79.9. The van der Waals surface area contributed by atoms with E-state index < -0.39 is 18.0 Å². The minimum Gasteiger partial charge on any atom is -0.465 e. The maximum atomic E-state index is 12.3. The van der Waals surface area contributed by atoms with Gasteiger partial charge in [-0.3, -0.25) is 0 Å². The van der Waals surface area contributed by atoms with E-state index in [0.29, 0.717) is 11.5 Å². The van der Waals surface area contributed by atoms with Crippen LogP contribution in [-0.4, -0.2) is 34.0 Å². The molecular formula is C17H14BrN3O4. The second-order valence-corrected chi connectivity index (χ2v) is 6.18. The van der Waals surface area contributed by atoms with Crippen molar-refractivity contribution >= 4 is 39.0 Å². The minimum absolute atomic E-state index is 0.256. The summed E-state index contributed by atoms with van der Waals surface area (Å²) in [5.74, 6) is -0.595. The summed E-state index contributed by atoms with van der Waals surface area (Å²) < 4.78 is 10.9. The number of rotatable bonds is 4. The fourth-order valence-corrected chi connectivity index (χ4v) is 2.59. The number of halogens is 1. The normalized spacial score (nSPS) is 12.0. The van der Waals surface area contributed by atoms with Gasteiger partial charge in [0.15, 0.2) is 11.8 Å². The zero-order chi connectivity index (χ0) is 18.0. The Labute approximate surface area is 151 Å². The molecule has 25 heavy (non-hydrogen) atoms. The summed E-state index contributed by atoms with van der Waals surface area (Å²) in [6, 6.07) is 8.00. The van der Waals surface area contributed by atoms with Crippen molar-refractivity contribution in [2.24, 2.45) is 0 Å². The number of ether oxygens (including phenoxy) is 2. The third-order valence-electron chi connectivity index (χ3n) is 3.51. The van der Waals surface area contributed by atoms with Gasteiger partial charge in [0, 0.05) is 10.7 Å². The van der Waals surface area contributed by atoms with E-state index >= 15 is 0 Å². The Bertz CT molecular complexity index is 954. The van der Waals surface area contributed by atoms with E-state index in [1.54, 1.807) is 31.3 Å². The number of carbonyl (C=O) groups is 2. The number of nitrogens with one attached hydrogen (secondary N) is 1. The number of fused-ring (bicyclic) bond motifs is 1. The Kier molecular flexibility index (Phi) is 4.80. The SMILES string of the molecule is COC(=O)c1cccc(C(=O)OC(C)c2nc3ncc(Br)cc3[nH]2)c1. The minimum atomic E-state index is -0.609. The monoisotopic (exact) mass is 403 g/mol. The van der Waals surface area contributed by atoms with Crippen LogP contribution >= 0.6 is 15.9 Å². The van der Waals surface area contributed by atoms with Crippen LogP contribution in [0.25, 0.3) is 11.2 Å². The second kappa shape index (κ2) is 7.02. The van der Waals surface area contributed by atoms with Crippen molar-refractivity contribution in [3.63, 3.8) is 0 Å². The molecule has 1 N–H and O–H groups in total. The number of H-pyrrole nitrogens is 1. The van der Waals surface area contributed by atoms with Crippen molar-refractivity contribution in [2.45, 2.75) is 13.0 Å². The van der Waals surface area contributed by atoms with E-state index in [0.717, 1.165) is 9.99 Å². The molecule has 8 heteroatoms.